The first-order valence-electron chi connectivity index (χ1n) is 5.98. The maximum Gasteiger partial charge on any atom is 0.257 e. The zero-order valence-electron chi connectivity index (χ0n) is 10.2. The minimum atomic E-state index is -0.0906. The first kappa shape index (κ1) is 13.5. The molecule has 1 aromatic rings. The van der Waals surface area contributed by atoms with Crippen LogP contribution in [0.3, 0.4) is 0 Å². The van der Waals surface area contributed by atoms with Gasteiger partial charge in [0.1, 0.15) is 5.75 Å². The molecule has 0 saturated heterocycles. The van der Waals surface area contributed by atoms with E-state index >= 15 is 0 Å². The van der Waals surface area contributed by atoms with Crippen LogP contribution in [0.5, 0.6) is 5.75 Å². The molecule has 0 fully saturated rings. The van der Waals surface area contributed by atoms with E-state index in [2.05, 4.69) is 17.6 Å². The van der Waals surface area contributed by atoms with E-state index in [1.165, 1.54) is 0 Å². The van der Waals surface area contributed by atoms with Gasteiger partial charge >= 0.3 is 0 Å². The Kier molecular flexibility index (Phi) is 6.82. The number of nitrogens with one attached hydrogen (secondary N) is 2. The summed E-state index contributed by atoms with van der Waals surface area (Å²) in [4.78, 5) is 11.4. The van der Waals surface area contributed by atoms with Gasteiger partial charge in [-0.1, -0.05) is 25.1 Å². The molecule has 0 spiro atoms. The van der Waals surface area contributed by atoms with Crippen molar-refractivity contribution in [2.75, 3.05) is 26.2 Å². The van der Waals surface area contributed by atoms with Gasteiger partial charge in [0.15, 0.2) is 6.61 Å². The fourth-order valence-electron chi connectivity index (χ4n) is 1.31. The summed E-state index contributed by atoms with van der Waals surface area (Å²) >= 11 is 0. The summed E-state index contributed by atoms with van der Waals surface area (Å²) in [5.74, 6) is 0.624. The summed E-state index contributed by atoms with van der Waals surface area (Å²) in [7, 11) is 0. The van der Waals surface area contributed by atoms with Crippen molar-refractivity contribution in [3.05, 3.63) is 30.3 Å². The van der Waals surface area contributed by atoms with Gasteiger partial charge in [-0.25, -0.2) is 0 Å². The molecule has 0 saturated carbocycles. The molecule has 0 aliphatic rings. The highest BCUT2D eigenvalue weighted by atomic mass is 16.5. The minimum absolute atomic E-state index is 0.0673. The standard InChI is InChI=1S/C13H20N2O2/c1-2-8-14-9-10-15-13(16)11-17-12-6-4-3-5-7-12/h3-7,14H,2,8-11H2,1H3,(H,15,16). The molecule has 0 bridgehead atoms. The second-order valence-corrected chi connectivity index (χ2v) is 3.70. The van der Waals surface area contributed by atoms with E-state index in [1.54, 1.807) is 0 Å². The van der Waals surface area contributed by atoms with Crippen molar-refractivity contribution in [3.63, 3.8) is 0 Å². The van der Waals surface area contributed by atoms with Gasteiger partial charge in [-0.05, 0) is 25.1 Å². The molecule has 0 unspecified atom stereocenters. The van der Waals surface area contributed by atoms with Crippen LogP contribution >= 0.6 is 0 Å². The van der Waals surface area contributed by atoms with Crippen LogP contribution in [0.2, 0.25) is 0 Å². The van der Waals surface area contributed by atoms with Crippen LogP contribution in [0.4, 0.5) is 0 Å². The van der Waals surface area contributed by atoms with Crippen LogP contribution in [0.25, 0.3) is 0 Å². The monoisotopic (exact) mass is 236 g/mol. The molecule has 0 heterocycles. The lowest BCUT2D eigenvalue weighted by molar-refractivity contribution is -0.123. The van der Waals surface area contributed by atoms with Crippen LogP contribution < -0.4 is 15.4 Å². The molecule has 0 aromatic heterocycles. The summed E-state index contributed by atoms with van der Waals surface area (Å²) in [6.45, 7) is 4.59. The molecule has 4 nitrogen and oxygen atoms in total. The Morgan fingerprint density at radius 3 is 2.65 bits per heavy atom. The predicted molar refractivity (Wildman–Crippen MR) is 68.1 cm³/mol. The van der Waals surface area contributed by atoms with Crippen molar-refractivity contribution in [3.8, 4) is 5.75 Å². The molecule has 17 heavy (non-hydrogen) atoms. The van der Waals surface area contributed by atoms with Gasteiger partial charge < -0.3 is 15.4 Å². The molecule has 4 heteroatoms. The molecule has 0 aliphatic carbocycles. The fraction of sp³-hybridized carbons (Fsp3) is 0.462. The number of ether oxygens (including phenoxy) is 1. The molecule has 0 atom stereocenters. The van der Waals surface area contributed by atoms with E-state index in [-0.39, 0.29) is 12.5 Å². The average molecular weight is 236 g/mol. The zero-order valence-corrected chi connectivity index (χ0v) is 10.2. The Balaban J connectivity index is 2.05. The van der Waals surface area contributed by atoms with Gasteiger partial charge in [-0.15, -0.1) is 0 Å². The smallest absolute Gasteiger partial charge is 0.257 e. The van der Waals surface area contributed by atoms with Crippen molar-refractivity contribution in [2.45, 2.75) is 13.3 Å². The van der Waals surface area contributed by atoms with Crippen molar-refractivity contribution in [1.82, 2.24) is 10.6 Å². The third-order valence-electron chi connectivity index (χ3n) is 2.16. The second-order valence-electron chi connectivity index (χ2n) is 3.70. The van der Waals surface area contributed by atoms with E-state index in [1.807, 2.05) is 30.3 Å². The largest absolute Gasteiger partial charge is 0.484 e. The first-order chi connectivity index (χ1) is 8.33. The summed E-state index contributed by atoms with van der Waals surface area (Å²) in [5.41, 5.74) is 0. The van der Waals surface area contributed by atoms with E-state index in [4.69, 9.17) is 4.74 Å². The summed E-state index contributed by atoms with van der Waals surface area (Å²) in [5, 5.41) is 5.99. The maximum atomic E-state index is 11.4. The van der Waals surface area contributed by atoms with Crippen LogP contribution in [0.15, 0.2) is 30.3 Å². The lowest BCUT2D eigenvalue weighted by Gasteiger charge is -2.07. The predicted octanol–water partition coefficient (Wildman–Crippen LogP) is 1.18. The van der Waals surface area contributed by atoms with Crippen molar-refractivity contribution >= 4 is 5.91 Å². The lowest BCUT2D eigenvalue weighted by atomic mass is 10.3. The van der Waals surface area contributed by atoms with E-state index in [0.29, 0.717) is 12.3 Å². The van der Waals surface area contributed by atoms with Gasteiger partial charge in [-0.2, -0.15) is 0 Å². The van der Waals surface area contributed by atoms with E-state index < -0.39 is 0 Å². The summed E-state index contributed by atoms with van der Waals surface area (Å²) < 4.78 is 5.31. The molecule has 0 aliphatic heterocycles. The number of hydrogen-bond donors (Lipinski definition) is 2. The third-order valence-corrected chi connectivity index (χ3v) is 2.16. The number of hydrogen-bond acceptors (Lipinski definition) is 3. The summed E-state index contributed by atoms with van der Waals surface area (Å²) in [6, 6.07) is 9.32. The van der Waals surface area contributed by atoms with Gasteiger partial charge in [-0.3, -0.25) is 4.79 Å². The zero-order chi connectivity index (χ0) is 12.3. The Labute approximate surface area is 102 Å². The molecule has 0 radical (unpaired) electrons. The molecule has 1 aromatic carbocycles. The quantitative estimate of drug-likeness (QED) is 0.666. The number of rotatable bonds is 8. The normalized spacial score (nSPS) is 9.94. The van der Waals surface area contributed by atoms with Gasteiger partial charge in [0.2, 0.25) is 0 Å². The van der Waals surface area contributed by atoms with Crippen molar-refractivity contribution < 1.29 is 9.53 Å². The Bertz CT molecular complexity index is 314. The molecular formula is C13H20N2O2. The van der Waals surface area contributed by atoms with Crippen LogP contribution in [-0.4, -0.2) is 32.1 Å². The second kappa shape index (κ2) is 8.58. The number of benzene rings is 1. The fourth-order valence-corrected chi connectivity index (χ4v) is 1.31. The Hall–Kier alpha value is -1.55. The third kappa shape index (κ3) is 6.58. The Morgan fingerprint density at radius 2 is 1.94 bits per heavy atom. The molecule has 94 valence electrons. The van der Waals surface area contributed by atoms with Gasteiger partial charge in [0.25, 0.3) is 5.91 Å². The average Bonchev–Trinajstić information content (AvgIpc) is 2.37. The number of carbonyl (C=O) groups is 1. The molecule has 2 N–H and O–H groups in total. The minimum Gasteiger partial charge on any atom is -0.484 e. The van der Waals surface area contributed by atoms with Gasteiger partial charge in [0, 0.05) is 13.1 Å². The molecular weight excluding hydrogens is 216 g/mol. The number of para-hydroxylation sites is 1. The highest BCUT2D eigenvalue weighted by Crippen LogP contribution is 2.07. The topological polar surface area (TPSA) is 50.4 Å². The van der Waals surface area contributed by atoms with Crippen molar-refractivity contribution in [2.24, 2.45) is 0 Å². The lowest BCUT2D eigenvalue weighted by Crippen LogP contribution is -2.34. The highest BCUT2D eigenvalue weighted by Gasteiger charge is 2.00. The maximum absolute atomic E-state index is 11.4. The SMILES string of the molecule is CCCNCCNC(=O)COc1ccccc1. The van der Waals surface area contributed by atoms with Crippen LogP contribution in [0, 0.1) is 0 Å². The van der Waals surface area contributed by atoms with E-state index in [9.17, 15) is 4.79 Å². The Morgan fingerprint density at radius 1 is 1.18 bits per heavy atom. The number of carbonyl (C=O) groups excluding carboxylic acids is 1. The number of amides is 1. The van der Waals surface area contributed by atoms with Crippen LogP contribution in [-0.2, 0) is 4.79 Å². The molecule has 1 rings (SSSR count). The van der Waals surface area contributed by atoms with Crippen LogP contribution in [0.1, 0.15) is 13.3 Å². The van der Waals surface area contributed by atoms with Crippen molar-refractivity contribution in [1.29, 1.82) is 0 Å². The molecule has 1 amide bonds. The highest BCUT2D eigenvalue weighted by molar-refractivity contribution is 5.77. The van der Waals surface area contributed by atoms with Gasteiger partial charge in [0.05, 0.1) is 0 Å². The van der Waals surface area contributed by atoms with E-state index in [0.717, 1.165) is 19.5 Å². The first-order valence-corrected chi connectivity index (χ1v) is 5.98. The summed E-state index contributed by atoms with van der Waals surface area (Å²) in [6.07, 6.45) is 1.10.